The SMILES string of the molecule is CO[C@@H]1CCC[C@H]1NC(=O)NC[C@@H]1CN(C)C[C@H]1c1ccccc1. The number of methoxy groups -OCH3 is 1. The molecule has 1 aromatic rings. The molecule has 0 unspecified atom stereocenters. The minimum Gasteiger partial charge on any atom is -0.379 e. The van der Waals surface area contributed by atoms with Crippen LogP contribution < -0.4 is 10.6 Å². The van der Waals surface area contributed by atoms with Crippen molar-refractivity contribution in [1.29, 1.82) is 0 Å². The summed E-state index contributed by atoms with van der Waals surface area (Å²) >= 11 is 0. The molecule has 24 heavy (non-hydrogen) atoms. The Kier molecular flexibility index (Phi) is 5.74. The van der Waals surface area contributed by atoms with Crippen molar-refractivity contribution >= 4 is 6.03 Å². The molecule has 1 saturated carbocycles. The quantitative estimate of drug-likeness (QED) is 0.870. The van der Waals surface area contributed by atoms with Gasteiger partial charge in [0, 0.05) is 32.7 Å². The van der Waals surface area contributed by atoms with Crippen LogP contribution in [-0.4, -0.2) is 56.9 Å². The summed E-state index contributed by atoms with van der Waals surface area (Å²) in [6, 6.07) is 10.7. The molecule has 3 rings (SSSR count). The predicted molar refractivity (Wildman–Crippen MR) is 95.1 cm³/mol. The number of benzene rings is 1. The molecule has 0 bridgehead atoms. The standard InChI is InChI=1S/C19H29N3O2/c1-22-12-15(16(13-22)14-7-4-3-5-8-14)11-20-19(23)21-17-9-6-10-18(17)24-2/h3-5,7-8,15-18H,6,9-13H2,1-2H3,(H2,20,21,23)/t15-,16+,17-,18-/m1/s1. The zero-order valence-corrected chi connectivity index (χ0v) is 14.7. The van der Waals surface area contributed by atoms with Crippen LogP contribution in [0.15, 0.2) is 30.3 Å². The van der Waals surface area contributed by atoms with Gasteiger partial charge in [-0.1, -0.05) is 30.3 Å². The molecule has 2 N–H and O–H groups in total. The highest BCUT2D eigenvalue weighted by atomic mass is 16.5. The lowest BCUT2D eigenvalue weighted by molar-refractivity contribution is 0.0874. The molecule has 0 aromatic heterocycles. The molecular formula is C19H29N3O2. The normalized spacial score (nSPS) is 30.4. The number of urea groups is 1. The fourth-order valence-electron chi connectivity index (χ4n) is 4.19. The topological polar surface area (TPSA) is 53.6 Å². The van der Waals surface area contributed by atoms with Crippen molar-refractivity contribution in [3.63, 3.8) is 0 Å². The summed E-state index contributed by atoms with van der Waals surface area (Å²) in [5.41, 5.74) is 1.37. The van der Waals surface area contributed by atoms with Crippen LogP contribution in [0.5, 0.6) is 0 Å². The number of likely N-dealkylation sites (N-methyl/N-ethyl adjacent to an activating group) is 1. The van der Waals surface area contributed by atoms with Crippen molar-refractivity contribution in [3.8, 4) is 0 Å². The van der Waals surface area contributed by atoms with E-state index in [9.17, 15) is 4.79 Å². The second kappa shape index (κ2) is 7.99. The van der Waals surface area contributed by atoms with Gasteiger partial charge in [0.2, 0.25) is 0 Å². The number of nitrogens with one attached hydrogen (secondary N) is 2. The number of carbonyl (C=O) groups is 1. The molecule has 132 valence electrons. The van der Waals surface area contributed by atoms with Crippen LogP contribution in [0.3, 0.4) is 0 Å². The van der Waals surface area contributed by atoms with Crippen molar-refractivity contribution in [1.82, 2.24) is 15.5 Å². The van der Waals surface area contributed by atoms with Gasteiger partial charge < -0.3 is 20.3 Å². The Bertz CT molecular complexity index is 537. The van der Waals surface area contributed by atoms with E-state index in [0.29, 0.717) is 18.4 Å². The smallest absolute Gasteiger partial charge is 0.315 e. The van der Waals surface area contributed by atoms with Gasteiger partial charge in [0.05, 0.1) is 12.1 Å². The summed E-state index contributed by atoms with van der Waals surface area (Å²) in [7, 11) is 3.87. The van der Waals surface area contributed by atoms with Crippen LogP contribution in [0.25, 0.3) is 0 Å². The first-order chi connectivity index (χ1) is 11.7. The lowest BCUT2D eigenvalue weighted by Crippen LogP contribution is -2.47. The number of likely N-dealkylation sites (tertiary alicyclic amines) is 1. The average Bonchev–Trinajstić information content (AvgIpc) is 3.19. The molecule has 4 atom stereocenters. The Morgan fingerprint density at radius 2 is 2.04 bits per heavy atom. The van der Waals surface area contributed by atoms with E-state index < -0.39 is 0 Å². The molecule has 2 amide bonds. The largest absolute Gasteiger partial charge is 0.379 e. The molecule has 5 heteroatoms. The average molecular weight is 331 g/mol. The molecule has 1 aliphatic heterocycles. The Morgan fingerprint density at radius 1 is 1.25 bits per heavy atom. The first-order valence-corrected chi connectivity index (χ1v) is 8.98. The summed E-state index contributed by atoms with van der Waals surface area (Å²) < 4.78 is 5.44. The molecule has 0 spiro atoms. The van der Waals surface area contributed by atoms with E-state index in [2.05, 4.69) is 52.9 Å². The first kappa shape index (κ1) is 17.2. The molecule has 1 aliphatic carbocycles. The molecule has 1 saturated heterocycles. The molecule has 0 radical (unpaired) electrons. The Morgan fingerprint density at radius 3 is 2.79 bits per heavy atom. The van der Waals surface area contributed by atoms with Crippen LogP contribution in [0.4, 0.5) is 4.79 Å². The maximum Gasteiger partial charge on any atom is 0.315 e. The van der Waals surface area contributed by atoms with Gasteiger partial charge in [0.15, 0.2) is 0 Å². The summed E-state index contributed by atoms with van der Waals surface area (Å²) in [6.07, 6.45) is 3.31. The number of rotatable bonds is 5. The number of carbonyl (C=O) groups excluding carboxylic acids is 1. The van der Waals surface area contributed by atoms with Crippen LogP contribution in [0, 0.1) is 5.92 Å². The van der Waals surface area contributed by atoms with Gasteiger partial charge in [-0.2, -0.15) is 0 Å². The second-order valence-electron chi connectivity index (χ2n) is 7.16. The number of hydrogen-bond acceptors (Lipinski definition) is 3. The molecule has 2 aliphatic rings. The molecule has 1 heterocycles. The Balaban J connectivity index is 1.52. The Hall–Kier alpha value is -1.59. The molecule has 2 fully saturated rings. The van der Waals surface area contributed by atoms with Gasteiger partial charge in [-0.25, -0.2) is 4.79 Å². The maximum atomic E-state index is 12.3. The van der Waals surface area contributed by atoms with Gasteiger partial charge in [0.1, 0.15) is 0 Å². The number of hydrogen-bond donors (Lipinski definition) is 2. The van der Waals surface area contributed by atoms with E-state index in [1.807, 2.05) is 0 Å². The van der Waals surface area contributed by atoms with Gasteiger partial charge in [0.25, 0.3) is 0 Å². The highest BCUT2D eigenvalue weighted by Gasteiger charge is 2.33. The van der Waals surface area contributed by atoms with Crippen LogP contribution in [0.1, 0.15) is 30.7 Å². The number of ether oxygens (including phenoxy) is 1. The highest BCUT2D eigenvalue weighted by molar-refractivity contribution is 5.74. The van der Waals surface area contributed by atoms with Crippen molar-refractivity contribution < 1.29 is 9.53 Å². The van der Waals surface area contributed by atoms with Crippen molar-refractivity contribution in [2.75, 3.05) is 33.8 Å². The van der Waals surface area contributed by atoms with E-state index in [0.717, 1.165) is 32.4 Å². The highest BCUT2D eigenvalue weighted by Crippen LogP contribution is 2.31. The van der Waals surface area contributed by atoms with E-state index >= 15 is 0 Å². The van der Waals surface area contributed by atoms with Gasteiger partial charge in [-0.05, 0) is 37.8 Å². The fraction of sp³-hybridized carbons (Fsp3) is 0.632. The van der Waals surface area contributed by atoms with E-state index in [-0.39, 0.29) is 18.2 Å². The zero-order valence-electron chi connectivity index (χ0n) is 14.7. The summed E-state index contributed by atoms with van der Waals surface area (Å²) in [5.74, 6) is 0.930. The first-order valence-electron chi connectivity index (χ1n) is 8.98. The maximum absolute atomic E-state index is 12.3. The minimum absolute atomic E-state index is 0.0645. The zero-order chi connectivity index (χ0) is 16.9. The summed E-state index contributed by atoms with van der Waals surface area (Å²) in [6.45, 7) is 2.77. The van der Waals surface area contributed by atoms with Crippen LogP contribution in [0.2, 0.25) is 0 Å². The molecule has 5 nitrogen and oxygen atoms in total. The lowest BCUT2D eigenvalue weighted by atomic mass is 9.89. The number of nitrogens with zero attached hydrogens (tertiary/aromatic N) is 1. The summed E-state index contributed by atoms with van der Waals surface area (Å²) in [4.78, 5) is 14.6. The lowest BCUT2D eigenvalue weighted by Gasteiger charge is -2.22. The van der Waals surface area contributed by atoms with E-state index in [1.54, 1.807) is 7.11 Å². The minimum atomic E-state index is -0.0645. The predicted octanol–water partition coefficient (Wildman–Crippen LogP) is 2.20. The van der Waals surface area contributed by atoms with Crippen LogP contribution >= 0.6 is 0 Å². The third-order valence-electron chi connectivity index (χ3n) is 5.45. The number of amides is 2. The van der Waals surface area contributed by atoms with E-state index in [4.69, 9.17) is 4.74 Å². The molecular weight excluding hydrogens is 302 g/mol. The monoisotopic (exact) mass is 331 g/mol. The van der Waals surface area contributed by atoms with Crippen molar-refractivity contribution in [2.45, 2.75) is 37.3 Å². The fourth-order valence-corrected chi connectivity index (χ4v) is 4.19. The summed E-state index contributed by atoms with van der Waals surface area (Å²) in [5, 5.41) is 6.17. The third kappa shape index (κ3) is 4.08. The van der Waals surface area contributed by atoms with E-state index in [1.165, 1.54) is 5.56 Å². The van der Waals surface area contributed by atoms with Crippen molar-refractivity contribution in [2.24, 2.45) is 5.92 Å². The van der Waals surface area contributed by atoms with Gasteiger partial charge >= 0.3 is 6.03 Å². The molecule has 1 aromatic carbocycles. The second-order valence-corrected chi connectivity index (χ2v) is 7.16. The van der Waals surface area contributed by atoms with Crippen LogP contribution in [-0.2, 0) is 4.74 Å². The van der Waals surface area contributed by atoms with Crippen molar-refractivity contribution in [3.05, 3.63) is 35.9 Å². The van der Waals surface area contributed by atoms with Gasteiger partial charge in [-0.3, -0.25) is 0 Å². The Labute approximate surface area is 144 Å². The third-order valence-corrected chi connectivity index (χ3v) is 5.45. The van der Waals surface area contributed by atoms with Gasteiger partial charge in [-0.15, -0.1) is 0 Å².